The summed E-state index contributed by atoms with van der Waals surface area (Å²) in [7, 11) is 0. The number of rotatable bonds is 0. The molecule has 262 valence electrons. The molecule has 2 aliphatic heterocycles. The number of hydrogen-bond donors (Lipinski definition) is 2. The number of nitrogens with zero attached hydrogens (tertiary/aromatic N) is 2. The van der Waals surface area contributed by atoms with Crippen LogP contribution in [-0.2, 0) is 9.59 Å². The standard InChI is InChI=1S/C42H38N4O6/c47-39-23-5-3-1-2-4-6-24-40(48)52-38-22-14-8-16-32(38)42(50)30-27-45-35-19-11-9-17-33(35)43-25-29(41(49)31-15-7-13-21-37(31)51-39)26-44-34-18-10-12-20-36(34)46-28-30/h7-22,25-28,43,46H,1-6,23-24H2/b29-25+,30-28+,44-26?,45-27?. The van der Waals surface area contributed by atoms with Gasteiger partial charge in [-0.3, -0.25) is 29.2 Å². The van der Waals surface area contributed by atoms with Crippen LogP contribution in [0.25, 0.3) is 0 Å². The van der Waals surface area contributed by atoms with Gasteiger partial charge in [-0.15, -0.1) is 0 Å². The van der Waals surface area contributed by atoms with Crippen LogP contribution in [0, 0.1) is 0 Å². The minimum absolute atomic E-state index is 0.163. The van der Waals surface area contributed by atoms with Crippen molar-refractivity contribution in [1.29, 1.82) is 0 Å². The second kappa shape index (κ2) is 17.5. The number of carbonyl (C=O) groups excluding carboxylic acids is 4. The first-order valence-corrected chi connectivity index (χ1v) is 17.3. The molecule has 4 aromatic rings. The third-order valence-electron chi connectivity index (χ3n) is 8.51. The molecule has 2 aliphatic rings. The van der Waals surface area contributed by atoms with E-state index in [1.54, 1.807) is 84.9 Å². The van der Waals surface area contributed by atoms with Gasteiger partial charge < -0.3 is 20.1 Å². The molecule has 0 unspecified atom stereocenters. The quantitative estimate of drug-likeness (QED) is 0.137. The predicted octanol–water partition coefficient (Wildman–Crippen LogP) is 9.11. The Balaban J connectivity index is 1.45. The van der Waals surface area contributed by atoms with Gasteiger partial charge in [0.05, 0.1) is 45.0 Å². The maximum Gasteiger partial charge on any atom is 0.311 e. The average Bonchev–Trinajstić information content (AvgIpc) is 3.16. The fourth-order valence-electron chi connectivity index (χ4n) is 5.72. The zero-order valence-corrected chi connectivity index (χ0v) is 28.5. The number of ketones is 2. The Bertz CT molecular complexity index is 1950. The third kappa shape index (κ3) is 9.22. The first-order valence-electron chi connectivity index (χ1n) is 17.3. The van der Waals surface area contributed by atoms with Crippen molar-refractivity contribution in [3.63, 3.8) is 0 Å². The van der Waals surface area contributed by atoms with Gasteiger partial charge in [-0.25, -0.2) is 0 Å². The molecule has 10 heteroatoms. The Hall–Kier alpha value is -6.42. The molecular formula is C42H38N4O6. The topological polar surface area (TPSA) is 136 Å². The van der Waals surface area contributed by atoms with Crippen LogP contribution in [-0.4, -0.2) is 35.9 Å². The second-order valence-electron chi connectivity index (χ2n) is 12.3. The number of carbonyl (C=O) groups is 4. The van der Waals surface area contributed by atoms with Gasteiger partial charge in [0.25, 0.3) is 0 Å². The lowest BCUT2D eigenvalue weighted by Crippen LogP contribution is -2.14. The second-order valence-corrected chi connectivity index (χ2v) is 12.3. The van der Waals surface area contributed by atoms with Crippen LogP contribution in [0.3, 0.4) is 0 Å². The lowest BCUT2D eigenvalue weighted by atomic mass is 10.0. The summed E-state index contributed by atoms with van der Waals surface area (Å²) >= 11 is 0. The van der Waals surface area contributed by atoms with E-state index in [1.165, 1.54) is 24.8 Å². The monoisotopic (exact) mass is 694 g/mol. The van der Waals surface area contributed by atoms with E-state index < -0.39 is 23.5 Å². The van der Waals surface area contributed by atoms with Crippen LogP contribution in [0.1, 0.15) is 72.1 Å². The van der Waals surface area contributed by atoms with Gasteiger partial charge in [0.15, 0.2) is 11.6 Å². The average molecular weight is 695 g/mol. The molecule has 0 atom stereocenters. The lowest BCUT2D eigenvalue weighted by molar-refractivity contribution is -0.135. The normalized spacial score (nSPS) is 18.3. The number of para-hydroxylation sites is 6. The molecule has 0 saturated carbocycles. The summed E-state index contributed by atoms with van der Waals surface area (Å²) in [5.41, 5.74) is 2.85. The Morgan fingerprint density at radius 2 is 0.846 bits per heavy atom. The molecule has 4 aromatic carbocycles. The first-order chi connectivity index (χ1) is 25.5. The molecule has 10 nitrogen and oxygen atoms in total. The Labute approximate surface area is 302 Å². The van der Waals surface area contributed by atoms with Crippen LogP contribution in [0.5, 0.6) is 11.5 Å². The summed E-state index contributed by atoms with van der Waals surface area (Å²) in [5.74, 6) is -1.34. The molecular weight excluding hydrogens is 656 g/mol. The number of nitrogens with one attached hydrogen (secondary N) is 2. The van der Waals surface area contributed by atoms with Crippen molar-refractivity contribution in [1.82, 2.24) is 0 Å². The van der Waals surface area contributed by atoms with Gasteiger partial charge in [-0.2, -0.15) is 0 Å². The van der Waals surface area contributed by atoms with E-state index in [2.05, 4.69) is 20.6 Å². The number of Topliss-reactive ketones (excluding diaryl/α,β-unsaturated/α-hetero) is 2. The predicted molar refractivity (Wildman–Crippen MR) is 202 cm³/mol. The Kier molecular flexibility index (Phi) is 11.9. The molecule has 52 heavy (non-hydrogen) atoms. The van der Waals surface area contributed by atoms with Crippen molar-refractivity contribution in [2.24, 2.45) is 9.98 Å². The number of benzene rings is 4. The highest BCUT2D eigenvalue weighted by Crippen LogP contribution is 2.30. The van der Waals surface area contributed by atoms with E-state index >= 15 is 0 Å². The maximum absolute atomic E-state index is 14.1. The zero-order valence-electron chi connectivity index (χ0n) is 28.5. The largest absolute Gasteiger partial charge is 0.426 e. The van der Waals surface area contributed by atoms with Crippen LogP contribution < -0.4 is 20.1 Å². The van der Waals surface area contributed by atoms with E-state index in [9.17, 15) is 19.2 Å². The summed E-state index contributed by atoms with van der Waals surface area (Å²) in [6, 6.07) is 27.6. The fraction of sp³-hybridized carbons (Fsp3) is 0.190. The SMILES string of the molecule is O=C1CCCCCCCCC(=O)Oc2ccccc2C(=O)/C2=C/Nc3ccccc3N=C/C(=C\Nc3ccccc3N=C2)C(=O)c2ccccc2O1. The summed E-state index contributed by atoms with van der Waals surface area (Å²) < 4.78 is 11.4. The summed E-state index contributed by atoms with van der Waals surface area (Å²) in [5, 5.41) is 6.37. The first kappa shape index (κ1) is 35.4. The molecule has 2 bridgehead atoms. The number of anilines is 2. The number of allylic oxidation sites excluding steroid dienone is 2. The number of ether oxygens (including phenoxy) is 2. The highest BCUT2D eigenvalue weighted by atomic mass is 16.5. The van der Waals surface area contributed by atoms with E-state index in [-0.39, 0.29) is 46.6 Å². The molecule has 6 rings (SSSR count). The Morgan fingerprint density at radius 3 is 1.31 bits per heavy atom. The molecule has 0 aliphatic carbocycles. The van der Waals surface area contributed by atoms with E-state index in [4.69, 9.17) is 9.47 Å². The number of fused-ring (bicyclic) bond motifs is 5. The van der Waals surface area contributed by atoms with Crippen molar-refractivity contribution in [3.8, 4) is 11.5 Å². The molecule has 0 amide bonds. The van der Waals surface area contributed by atoms with Crippen molar-refractivity contribution >= 4 is 58.7 Å². The van der Waals surface area contributed by atoms with Crippen molar-refractivity contribution in [2.75, 3.05) is 10.6 Å². The van der Waals surface area contributed by atoms with Gasteiger partial charge in [0.2, 0.25) is 0 Å². The highest BCUT2D eigenvalue weighted by molar-refractivity contribution is 6.24. The molecule has 2 heterocycles. The third-order valence-corrected chi connectivity index (χ3v) is 8.51. The summed E-state index contributed by atoms with van der Waals surface area (Å²) in [4.78, 5) is 63.4. The maximum atomic E-state index is 14.1. The van der Waals surface area contributed by atoms with Gasteiger partial charge in [-0.1, -0.05) is 74.2 Å². The number of aliphatic imine (C=N–C) groups is 2. The molecule has 2 N–H and O–H groups in total. The minimum Gasteiger partial charge on any atom is -0.426 e. The van der Waals surface area contributed by atoms with Crippen molar-refractivity contribution in [3.05, 3.63) is 132 Å². The summed E-state index contributed by atoms with van der Waals surface area (Å²) in [6.07, 6.45) is 11.0. The molecule has 0 spiro atoms. The van der Waals surface area contributed by atoms with Gasteiger partial charge >= 0.3 is 11.9 Å². The van der Waals surface area contributed by atoms with E-state index in [0.717, 1.165) is 25.7 Å². The smallest absolute Gasteiger partial charge is 0.311 e. The summed E-state index contributed by atoms with van der Waals surface area (Å²) in [6.45, 7) is 0. The van der Waals surface area contributed by atoms with Crippen LogP contribution in [0.4, 0.5) is 22.7 Å². The number of esters is 2. The van der Waals surface area contributed by atoms with Crippen molar-refractivity contribution < 1.29 is 28.7 Å². The molecule has 0 fully saturated rings. The van der Waals surface area contributed by atoms with Gasteiger partial charge in [0, 0.05) is 37.7 Å². The van der Waals surface area contributed by atoms with E-state index in [1.807, 2.05) is 12.1 Å². The number of hydrogen-bond acceptors (Lipinski definition) is 10. The fourth-order valence-corrected chi connectivity index (χ4v) is 5.72. The van der Waals surface area contributed by atoms with Crippen LogP contribution >= 0.6 is 0 Å². The minimum atomic E-state index is -0.422. The molecule has 0 saturated heterocycles. The molecule has 0 aromatic heterocycles. The lowest BCUT2D eigenvalue weighted by Gasteiger charge is -2.13. The van der Waals surface area contributed by atoms with Crippen LogP contribution in [0.2, 0.25) is 0 Å². The Morgan fingerprint density at radius 1 is 0.462 bits per heavy atom. The van der Waals surface area contributed by atoms with Gasteiger partial charge in [-0.05, 0) is 61.4 Å². The van der Waals surface area contributed by atoms with Crippen molar-refractivity contribution in [2.45, 2.75) is 51.4 Å². The zero-order chi connectivity index (χ0) is 36.1. The van der Waals surface area contributed by atoms with E-state index in [0.29, 0.717) is 35.6 Å². The van der Waals surface area contributed by atoms with Gasteiger partial charge in [0.1, 0.15) is 11.5 Å². The highest BCUT2D eigenvalue weighted by Gasteiger charge is 2.21. The van der Waals surface area contributed by atoms with Crippen LogP contribution in [0.15, 0.2) is 131 Å². The molecule has 0 radical (unpaired) electrons.